The summed E-state index contributed by atoms with van der Waals surface area (Å²) in [6, 6.07) is 16.5. The number of rotatable bonds is 3. The molecule has 0 bridgehead atoms. The zero-order valence-corrected chi connectivity index (χ0v) is 12.0. The number of thiophene rings is 1. The summed E-state index contributed by atoms with van der Waals surface area (Å²) in [5.41, 5.74) is 1.13. The molecule has 0 radical (unpaired) electrons. The Morgan fingerprint density at radius 2 is 1.84 bits per heavy atom. The molecule has 0 N–H and O–H groups in total. The quantitative estimate of drug-likeness (QED) is 0.599. The van der Waals surface area contributed by atoms with E-state index in [1.165, 1.54) is 10.8 Å². The number of hydrogen-bond acceptors (Lipinski definition) is 2. The maximum absolute atomic E-state index is 6.67. The van der Waals surface area contributed by atoms with Gasteiger partial charge in [-0.05, 0) is 27.8 Å². The zero-order chi connectivity index (χ0) is 13.2. The average Bonchev–Trinajstić information content (AvgIpc) is 2.94. The highest BCUT2D eigenvalue weighted by molar-refractivity contribution is 7.10. The minimum Gasteiger partial charge on any atom is -0.496 e. The largest absolute Gasteiger partial charge is 0.496 e. The van der Waals surface area contributed by atoms with Crippen molar-refractivity contribution in [3.8, 4) is 5.75 Å². The van der Waals surface area contributed by atoms with Gasteiger partial charge in [0.25, 0.3) is 0 Å². The second kappa shape index (κ2) is 5.24. The fraction of sp³-hybridized carbons (Fsp3) is 0.125. The second-order valence-corrected chi connectivity index (χ2v) is 5.67. The number of halogens is 1. The van der Waals surface area contributed by atoms with E-state index in [1.807, 2.05) is 29.6 Å². The van der Waals surface area contributed by atoms with Gasteiger partial charge in [0.1, 0.15) is 5.75 Å². The normalized spacial score (nSPS) is 12.5. The van der Waals surface area contributed by atoms with Gasteiger partial charge in [-0.3, -0.25) is 0 Å². The van der Waals surface area contributed by atoms with Gasteiger partial charge in [-0.1, -0.05) is 42.5 Å². The SMILES string of the molecule is COc1ccsc1C(Cl)c1cccc2ccccc12. The Morgan fingerprint density at radius 1 is 1.05 bits per heavy atom. The van der Waals surface area contributed by atoms with Crippen molar-refractivity contribution in [2.45, 2.75) is 5.38 Å². The molecule has 0 amide bonds. The van der Waals surface area contributed by atoms with Gasteiger partial charge in [-0.2, -0.15) is 0 Å². The van der Waals surface area contributed by atoms with Crippen LogP contribution in [-0.2, 0) is 0 Å². The van der Waals surface area contributed by atoms with Crippen LogP contribution < -0.4 is 4.74 Å². The molecule has 3 heteroatoms. The van der Waals surface area contributed by atoms with E-state index in [-0.39, 0.29) is 5.38 Å². The molecule has 1 heterocycles. The van der Waals surface area contributed by atoms with E-state index in [0.29, 0.717) is 0 Å². The molecule has 1 nitrogen and oxygen atoms in total. The van der Waals surface area contributed by atoms with Gasteiger partial charge >= 0.3 is 0 Å². The third-order valence-corrected chi connectivity index (χ3v) is 4.75. The van der Waals surface area contributed by atoms with Crippen molar-refractivity contribution in [2.24, 2.45) is 0 Å². The number of hydrogen-bond donors (Lipinski definition) is 0. The van der Waals surface area contributed by atoms with Gasteiger partial charge in [0.15, 0.2) is 0 Å². The van der Waals surface area contributed by atoms with Crippen LogP contribution in [0.15, 0.2) is 53.9 Å². The number of alkyl halides is 1. The molecule has 0 fully saturated rings. The Morgan fingerprint density at radius 3 is 2.68 bits per heavy atom. The van der Waals surface area contributed by atoms with Crippen molar-refractivity contribution >= 4 is 33.7 Å². The molecule has 19 heavy (non-hydrogen) atoms. The number of benzene rings is 2. The third kappa shape index (κ3) is 2.22. The Hall–Kier alpha value is -1.51. The molecule has 0 saturated heterocycles. The van der Waals surface area contributed by atoms with Crippen LogP contribution in [0.2, 0.25) is 0 Å². The van der Waals surface area contributed by atoms with E-state index in [0.717, 1.165) is 16.2 Å². The van der Waals surface area contributed by atoms with Gasteiger partial charge in [0.2, 0.25) is 0 Å². The molecule has 3 aromatic rings. The lowest BCUT2D eigenvalue weighted by atomic mass is 10.0. The maximum Gasteiger partial charge on any atom is 0.134 e. The Kier molecular flexibility index (Phi) is 3.45. The molecule has 0 aliphatic rings. The number of fused-ring (bicyclic) bond motifs is 1. The van der Waals surface area contributed by atoms with Crippen LogP contribution in [0.4, 0.5) is 0 Å². The van der Waals surface area contributed by atoms with E-state index in [1.54, 1.807) is 18.4 Å². The van der Waals surface area contributed by atoms with Crippen molar-refractivity contribution < 1.29 is 4.74 Å². The first-order valence-corrected chi connectivity index (χ1v) is 7.36. The second-order valence-electron chi connectivity index (χ2n) is 4.28. The van der Waals surface area contributed by atoms with Gasteiger partial charge < -0.3 is 4.74 Å². The van der Waals surface area contributed by atoms with Crippen molar-refractivity contribution in [2.75, 3.05) is 7.11 Å². The van der Waals surface area contributed by atoms with Crippen molar-refractivity contribution in [1.29, 1.82) is 0 Å². The first-order chi connectivity index (χ1) is 9.31. The molecule has 3 rings (SSSR count). The predicted octanol–water partition coefficient (Wildman–Crippen LogP) is 5.24. The molecule has 0 aliphatic carbocycles. The molecule has 0 saturated carbocycles. The van der Waals surface area contributed by atoms with Gasteiger partial charge in [-0.25, -0.2) is 0 Å². The summed E-state index contributed by atoms with van der Waals surface area (Å²) in [7, 11) is 1.68. The van der Waals surface area contributed by atoms with Crippen molar-refractivity contribution in [3.63, 3.8) is 0 Å². The highest BCUT2D eigenvalue weighted by atomic mass is 35.5. The lowest BCUT2D eigenvalue weighted by Crippen LogP contribution is -1.94. The topological polar surface area (TPSA) is 9.23 Å². The monoisotopic (exact) mass is 288 g/mol. The maximum atomic E-state index is 6.67. The van der Waals surface area contributed by atoms with Crippen molar-refractivity contribution in [3.05, 3.63) is 64.4 Å². The smallest absolute Gasteiger partial charge is 0.134 e. The molecule has 0 aliphatic heterocycles. The molecular weight excluding hydrogens is 276 g/mol. The van der Waals surface area contributed by atoms with Crippen LogP contribution in [0.25, 0.3) is 10.8 Å². The Balaban J connectivity index is 2.14. The lowest BCUT2D eigenvalue weighted by Gasteiger charge is -2.13. The Bertz CT molecular complexity index is 699. The summed E-state index contributed by atoms with van der Waals surface area (Å²) in [6.45, 7) is 0. The summed E-state index contributed by atoms with van der Waals surface area (Å²) in [5.74, 6) is 0.859. The van der Waals surface area contributed by atoms with E-state index >= 15 is 0 Å². The van der Waals surface area contributed by atoms with Gasteiger partial charge in [0, 0.05) is 0 Å². The third-order valence-electron chi connectivity index (χ3n) is 3.20. The molecule has 96 valence electrons. The van der Waals surface area contributed by atoms with Crippen LogP contribution in [0.1, 0.15) is 15.8 Å². The molecule has 1 unspecified atom stereocenters. The fourth-order valence-corrected chi connectivity index (χ4v) is 3.58. The molecule has 0 spiro atoms. The highest BCUT2D eigenvalue weighted by Gasteiger charge is 2.18. The molecular formula is C16H13ClOS. The predicted molar refractivity (Wildman–Crippen MR) is 82.5 cm³/mol. The number of methoxy groups -OCH3 is 1. The highest BCUT2D eigenvalue weighted by Crippen LogP contribution is 2.41. The van der Waals surface area contributed by atoms with E-state index in [9.17, 15) is 0 Å². The van der Waals surface area contributed by atoms with Crippen molar-refractivity contribution in [1.82, 2.24) is 0 Å². The van der Waals surface area contributed by atoms with Crippen LogP contribution in [0.3, 0.4) is 0 Å². The van der Waals surface area contributed by atoms with Crippen LogP contribution in [0, 0.1) is 0 Å². The van der Waals surface area contributed by atoms with Crippen LogP contribution in [0.5, 0.6) is 5.75 Å². The first-order valence-electron chi connectivity index (χ1n) is 6.04. The number of ether oxygens (including phenoxy) is 1. The zero-order valence-electron chi connectivity index (χ0n) is 10.5. The Labute approximate surface area is 121 Å². The lowest BCUT2D eigenvalue weighted by molar-refractivity contribution is 0.413. The average molecular weight is 289 g/mol. The summed E-state index contributed by atoms with van der Waals surface area (Å²) in [5, 5.41) is 4.23. The van der Waals surface area contributed by atoms with E-state index in [4.69, 9.17) is 16.3 Å². The molecule has 2 aromatic carbocycles. The summed E-state index contributed by atoms with van der Waals surface area (Å²) in [6.07, 6.45) is 0. The van der Waals surface area contributed by atoms with Gasteiger partial charge in [0.05, 0.1) is 17.4 Å². The summed E-state index contributed by atoms with van der Waals surface area (Å²) < 4.78 is 5.37. The standard InChI is InChI=1S/C16H13ClOS/c1-18-14-9-10-19-16(14)15(17)13-8-4-6-11-5-2-3-7-12(11)13/h2-10,15H,1H3. The fourth-order valence-electron chi connectivity index (χ4n) is 2.28. The van der Waals surface area contributed by atoms with Gasteiger partial charge in [-0.15, -0.1) is 22.9 Å². The minimum absolute atomic E-state index is 0.180. The summed E-state index contributed by atoms with van der Waals surface area (Å²) >= 11 is 8.29. The minimum atomic E-state index is -0.180. The van der Waals surface area contributed by atoms with E-state index in [2.05, 4.69) is 24.3 Å². The summed E-state index contributed by atoms with van der Waals surface area (Å²) in [4.78, 5) is 1.06. The first kappa shape index (κ1) is 12.5. The van der Waals surface area contributed by atoms with Crippen LogP contribution in [-0.4, -0.2) is 7.11 Å². The molecule has 1 atom stereocenters. The van der Waals surface area contributed by atoms with E-state index < -0.39 is 0 Å². The van der Waals surface area contributed by atoms with Crippen LogP contribution >= 0.6 is 22.9 Å². The molecule has 1 aromatic heterocycles.